The Labute approximate surface area is 232 Å². The number of benzene rings is 6. The number of para-hydroxylation sites is 1. The number of fused-ring (bicyclic) bond motifs is 7. The molecule has 202 valence electrons. The molecule has 0 N–H and O–H groups in total. The Morgan fingerprint density at radius 1 is 0.634 bits per heavy atom. The first-order valence-electron chi connectivity index (χ1n) is 12.6. The molecule has 7 aromatic rings. The van der Waals surface area contributed by atoms with Crippen molar-refractivity contribution in [1.82, 2.24) is 9.55 Å². The van der Waals surface area contributed by atoms with Gasteiger partial charge >= 0.3 is 15.6 Å². The van der Waals surface area contributed by atoms with E-state index in [1.165, 1.54) is 6.07 Å². The number of rotatable bonds is 4. The topological polar surface area (TPSA) is 61.2 Å². The van der Waals surface area contributed by atoms with Crippen LogP contribution in [0.3, 0.4) is 0 Å². The van der Waals surface area contributed by atoms with E-state index in [1.807, 2.05) is 83.4 Å². The molecule has 0 aliphatic rings. The molecular weight excluding hydrogens is 549 g/mol. The number of imidazole rings is 1. The summed E-state index contributed by atoms with van der Waals surface area (Å²) in [5.74, 6) is -0.202. The molecule has 41 heavy (non-hydrogen) atoms. The van der Waals surface area contributed by atoms with Crippen molar-refractivity contribution in [3.05, 3.63) is 115 Å². The van der Waals surface area contributed by atoms with Crippen molar-refractivity contribution < 1.29 is 25.8 Å². The second-order valence-corrected chi connectivity index (χ2v) is 11.1. The highest BCUT2D eigenvalue weighted by Gasteiger charge is 2.49. The van der Waals surface area contributed by atoms with Crippen LogP contribution in [0.4, 0.5) is 13.2 Å². The molecule has 6 aromatic carbocycles. The average molecular weight is 569 g/mol. The quantitative estimate of drug-likeness (QED) is 0.122. The van der Waals surface area contributed by atoms with Crippen LogP contribution in [0.25, 0.3) is 60.4 Å². The zero-order valence-electron chi connectivity index (χ0n) is 21.1. The molecule has 0 unspecified atom stereocenters. The molecule has 0 saturated heterocycles. The second-order valence-electron chi connectivity index (χ2n) is 9.54. The fraction of sp³-hybridized carbons (Fsp3) is 0.0312. The molecular formula is C32H19F3N2O3S. The van der Waals surface area contributed by atoms with Crippen LogP contribution < -0.4 is 4.18 Å². The molecule has 7 rings (SSSR count). The lowest BCUT2D eigenvalue weighted by atomic mass is 10.00. The number of halogens is 3. The van der Waals surface area contributed by atoms with Crippen molar-refractivity contribution in [2.75, 3.05) is 0 Å². The highest BCUT2D eigenvalue weighted by atomic mass is 32.2. The normalized spacial score (nSPS) is 12.5. The summed E-state index contributed by atoms with van der Waals surface area (Å²) in [6, 6.07) is 34.7. The van der Waals surface area contributed by atoms with Crippen molar-refractivity contribution in [3.63, 3.8) is 0 Å². The Kier molecular flexibility index (Phi) is 5.55. The minimum absolute atomic E-state index is 0.102. The average Bonchev–Trinajstić information content (AvgIpc) is 3.38. The van der Waals surface area contributed by atoms with Gasteiger partial charge in [-0.2, -0.15) is 21.6 Å². The Morgan fingerprint density at radius 2 is 1.20 bits per heavy atom. The van der Waals surface area contributed by atoms with Crippen molar-refractivity contribution in [2.45, 2.75) is 5.51 Å². The van der Waals surface area contributed by atoms with Crippen LogP contribution in [0.15, 0.2) is 115 Å². The van der Waals surface area contributed by atoms with Gasteiger partial charge in [0, 0.05) is 21.8 Å². The number of hydrogen-bond donors (Lipinski definition) is 0. The fourth-order valence-electron chi connectivity index (χ4n) is 5.38. The van der Waals surface area contributed by atoms with Gasteiger partial charge in [-0.15, -0.1) is 0 Å². The third kappa shape index (κ3) is 3.92. The van der Waals surface area contributed by atoms with Gasteiger partial charge in [-0.3, -0.25) is 4.57 Å². The van der Waals surface area contributed by atoms with Gasteiger partial charge in [0.2, 0.25) is 0 Å². The predicted octanol–water partition coefficient (Wildman–Crippen LogP) is 8.38. The van der Waals surface area contributed by atoms with Crippen LogP contribution in [0.1, 0.15) is 0 Å². The number of alkyl halides is 3. The van der Waals surface area contributed by atoms with Gasteiger partial charge in [0.1, 0.15) is 5.82 Å². The summed E-state index contributed by atoms with van der Waals surface area (Å²) in [7, 11) is -5.99. The molecule has 0 radical (unpaired) electrons. The van der Waals surface area contributed by atoms with Crippen molar-refractivity contribution in [2.24, 2.45) is 0 Å². The molecule has 0 saturated carbocycles. The summed E-state index contributed by atoms with van der Waals surface area (Å²) in [6.45, 7) is 0. The van der Waals surface area contributed by atoms with Crippen molar-refractivity contribution >= 4 is 53.5 Å². The lowest BCUT2D eigenvalue weighted by molar-refractivity contribution is -0.0499. The molecule has 0 aliphatic heterocycles. The third-order valence-corrected chi connectivity index (χ3v) is 8.10. The maximum absolute atomic E-state index is 13.6. The summed E-state index contributed by atoms with van der Waals surface area (Å²) in [5.41, 5.74) is -3.46. The first-order chi connectivity index (χ1) is 19.7. The molecule has 0 aliphatic carbocycles. The SMILES string of the molecule is O=S(=O)(Oc1c(-c2nc3c4ccccc4c4ccccc4c3n2-c2ccccc2)ccc2ccccc12)C(F)(F)F. The Bertz CT molecular complexity index is 2240. The van der Waals surface area contributed by atoms with E-state index in [1.54, 1.807) is 30.3 Å². The van der Waals surface area contributed by atoms with E-state index >= 15 is 0 Å². The van der Waals surface area contributed by atoms with E-state index in [-0.39, 0.29) is 16.8 Å². The highest BCUT2D eigenvalue weighted by Crippen LogP contribution is 2.44. The van der Waals surface area contributed by atoms with Crippen LogP contribution in [-0.2, 0) is 10.1 Å². The molecule has 0 fully saturated rings. The van der Waals surface area contributed by atoms with Crippen molar-refractivity contribution in [3.8, 4) is 22.8 Å². The van der Waals surface area contributed by atoms with Crippen LogP contribution in [0.5, 0.6) is 5.75 Å². The number of nitrogens with zero attached hydrogens (tertiary/aromatic N) is 2. The summed E-state index contributed by atoms with van der Waals surface area (Å²) in [6.07, 6.45) is 0. The molecule has 0 atom stereocenters. The Balaban J connectivity index is 1.67. The maximum Gasteiger partial charge on any atom is 0.534 e. The van der Waals surface area contributed by atoms with Gasteiger partial charge < -0.3 is 4.18 Å². The van der Waals surface area contributed by atoms with Gasteiger partial charge in [-0.05, 0) is 34.4 Å². The van der Waals surface area contributed by atoms with E-state index in [0.29, 0.717) is 16.6 Å². The van der Waals surface area contributed by atoms with Gasteiger partial charge in [-0.1, -0.05) is 97.1 Å². The smallest absolute Gasteiger partial charge is 0.375 e. The molecule has 0 bridgehead atoms. The largest absolute Gasteiger partial charge is 0.534 e. The summed E-state index contributed by atoms with van der Waals surface area (Å²) in [4.78, 5) is 5.00. The lowest BCUT2D eigenvalue weighted by Gasteiger charge is -2.17. The first kappa shape index (κ1) is 25.1. The van der Waals surface area contributed by atoms with Gasteiger partial charge in [0.15, 0.2) is 5.75 Å². The fourth-order valence-corrected chi connectivity index (χ4v) is 5.87. The first-order valence-corrected chi connectivity index (χ1v) is 14.1. The zero-order chi connectivity index (χ0) is 28.4. The Morgan fingerprint density at radius 3 is 1.88 bits per heavy atom. The van der Waals surface area contributed by atoms with E-state index in [0.717, 1.165) is 27.1 Å². The maximum atomic E-state index is 13.6. The second kappa shape index (κ2) is 9.07. The molecule has 0 spiro atoms. The van der Waals surface area contributed by atoms with E-state index in [2.05, 4.69) is 0 Å². The van der Waals surface area contributed by atoms with E-state index in [9.17, 15) is 21.6 Å². The van der Waals surface area contributed by atoms with Gasteiger partial charge in [-0.25, -0.2) is 4.98 Å². The van der Waals surface area contributed by atoms with Gasteiger partial charge in [0.05, 0.1) is 16.6 Å². The molecule has 5 nitrogen and oxygen atoms in total. The molecule has 9 heteroatoms. The molecule has 0 amide bonds. The van der Waals surface area contributed by atoms with E-state index in [4.69, 9.17) is 9.17 Å². The highest BCUT2D eigenvalue weighted by molar-refractivity contribution is 7.88. The molecule has 1 heterocycles. The van der Waals surface area contributed by atoms with Crippen LogP contribution >= 0.6 is 0 Å². The number of hydrogen-bond acceptors (Lipinski definition) is 4. The minimum Gasteiger partial charge on any atom is -0.375 e. The van der Waals surface area contributed by atoms with Crippen LogP contribution in [0, 0.1) is 0 Å². The summed E-state index contributed by atoms with van der Waals surface area (Å²) in [5, 5.41) is 4.41. The molecule has 1 aromatic heterocycles. The zero-order valence-corrected chi connectivity index (χ0v) is 21.9. The minimum atomic E-state index is -5.99. The third-order valence-electron chi connectivity index (χ3n) is 7.14. The standard InChI is InChI=1S/C32H19F3N2O3S/c33-32(34,35)41(38,39)40-30-22-13-5-4-10-20(22)18-19-27(30)31-36-28-25-16-8-6-14-23(25)24-15-7-9-17-26(24)29(28)37(31)21-11-2-1-3-12-21/h1-19H. The summed E-state index contributed by atoms with van der Waals surface area (Å²) >= 11 is 0. The summed E-state index contributed by atoms with van der Waals surface area (Å²) < 4.78 is 72.2. The van der Waals surface area contributed by atoms with Crippen LogP contribution in [-0.4, -0.2) is 23.5 Å². The van der Waals surface area contributed by atoms with Crippen molar-refractivity contribution in [1.29, 1.82) is 0 Å². The predicted molar refractivity (Wildman–Crippen MR) is 155 cm³/mol. The Hall–Kier alpha value is -4.89. The van der Waals surface area contributed by atoms with Gasteiger partial charge in [0.25, 0.3) is 0 Å². The number of aromatic nitrogens is 2. The van der Waals surface area contributed by atoms with E-state index < -0.39 is 21.4 Å². The van der Waals surface area contributed by atoms with Crippen LogP contribution in [0.2, 0.25) is 0 Å². The lowest BCUT2D eigenvalue weighted by Crippen LogP contribution is -2.28. The monoisotopic (exact) mass is 568 g/mol.